The molecule has 0 amide bonds. The maximum Gasteiger partial charge on any atom is 0.122 e. The molecule has 1 aliphatic carbocycles. The van der Waals surface area contributed by atoms with Gasteiger partial charge in [-0.05, 0) is 61.5 Å². The maximum absolute atomic E-state index is 5.55. The predicted octanol–water partition coefficient (Wildman–Crippen LogP) is 4.81. The summed E-state index contributed by atoms with van der Waals surface area (Å²) in [7, 11) is 1.77. The van der Waals surface area contributed by atoms with Crippen LogP contribution in [0, 0.1) is 11.8 Å². The summed E-state index contributed by atoms with van der Waals surface area (Å²) < 4.78 is 6.69. The van der Waals surface area contributed by atoms with Crippen LogP contribution >= 0.6 is 15.9 Å². The van der Waals surface area contributed by atoms with Crippen molar-refractivity contribution in [3.05, 3.63) is 28.2 Å². The lowest BCUT2D eigenvalue weighted by Crippen LogP contribution is -2.29. The molecule has 1 fully saturated rings. The molecule has 3 heteroatoms. The van der Waals surface area contributed by atoms with E-state index in [0.29, 0.717) is 0 Å². The summed E-state index contributed by atoms with van der Waals surface area (Å²) in [5.74, 6) is 2.62. The number of rotatable bonds is 8. The fourth-order valence-electron chi connectivity index (χ4n) is 3.49. The number of hydrogen-bond acceptors (Lipinski definition) is 2. The Morgan fingerprint density at radius 3 is 2.76 bits per heavy atom. The maximum atomic E-state index is 5.55. The summed E-state index contributed by atoms with van der Waals surface area (Å²) in [4.78, 5) is 0. The van der Waals surface area contributed by atoms with E-state index < -0.39 is 0 Å². The average molecular weight is 354 g/mol. The zero-order valence-electron chi connectivity index (χ0n) is 13.3. The van der Waals surface area contributed by atoms with Crippen molar-refractivity contribution in [1.82, 2.24) is 5.32 Å². The van der Waals surface area contributed by atoms with Crippen LogP contribution in [0.15, 0.2) is 22.7 Å². The Bertz CT molecular complexity index is 429. The Labute approximate surface area is 137 Å². The third-order valence-corrected chi connectivity index (χ3v) is 5.12. The minimum Gasteiger partial charge on any atom is -0.496 e. The monoisotopic (exact) mass is 353 g/mol. The fourth-order valence-corrected chi connectivity index (χ4v) is 3.90. The van der Waals surface area contributed by atoms with Crippen molar-refractivity contribution >= 4 is 15.9 Å². The van der Waals surface area contributed by atoms with Crippen molar-refractivity contribution in [2.24, 2.45) is 11.8 Å². The van der Waals surface area contributed by atoms with E-state index in [1.165, 1.54) is 37.7 Å². The smallest absolute Gasteiger partial charge is 0.122 e. The Balaban J connectivity index is 2.07. The molecule has 0 bridgehead atoms. The Morgan fingerprint density at radius 1 is 1.33 bits per heavy atom. The van der Waals surface area contributed by atoms with Crippen molar-refractivity contribution in [3.8, 4) is 5.75 Å². The summed E-state index contributed by atoms with van der Waals surface area (Å²) in [6.07, 6.45) is 7.93. The topological polar surface area (TPSA) is 21.3 Å². The number of methoxy groups -OCH3 is 1. The molecule has 0 aromatic heterocycles. The number of halogens is 1. The fraction of sp³-hybridized carbons (Fsp3) is 0.667. The highest BCUT2D eigenvalue weighted by Gasteiger charge is 2.25. The summed E-state index contributed by atoms with van der Waals surface area (Å²) in [6.45, 7) is 4.49. The van der Waals surface area contributed by atoms with Crippen LogP contribution in [0.2, 0.25) is 0 Å². The molecule has 21 heavy (non-hydrogen) atoms. The van der Waals surface area contributed by atoms with Crippen LogP contribution in [0.3, 0.4) is 0 Å². The van der Waals surface area contributed by atoms with Crippen LogP contribution in [-0.4, -0.2) is 20.2 Å². The molecule has 1 unspecified atom stereocenters. The van der Waals surface area contributed by atoms with Crippen molar-refractivity contribution in [3.63, 3.8) is 0 Å². The van der Waals surface area contributed by atoms with E-state index >= 15 is 0 Å². The normalized spacial score (nSPS) is 17.1. The summed E-state index contributed by atoms with van der Waals surface area (Å²) in [6, 6.07) is 6.35. The van der Waals surface area contributed by atoms with Gasteiger partial charge in [0.2, 0.25) is 0 Å². The van der Waals surface area contributed by atoms with Crippen LogP contribution in [0.4, 0.5) is 0 Å². The van der Waals surface area contributed by atoms with Crippen LogP contribution in [-0.2, 0) is 6.42 Å². The van der Waals surface area contributed by atoms with Gasteiger partial charge < -0.3 is 10.1 Å². The molecular formula is C18H28BrNO. The third kappa shape index (κ3) is 5.00. The van der Waals surface area contributed by atoms with Crippen molar-refractivity contribution in [1.29, 1.82) is 0 Å². The van der Waals surface area contributed by atoms with Gasteiger partial charge in [-0.2, -0.15) is 0 Å². The van der Waals surface area contributed by atoms with Crippen LogP contribution in [0.25, 0.3) is 0 Å². The molecular weight excluding hydrogens is 326 g/mol. The number of ether oxygens (including phenoxy) is 1. The molecule has 0 radical (unpaired) electrons. The van der Waals surface area contributed by atoms with Gasteiger partial charge in [0.05, 0.1) is 7.11 Å². The van der Waals surface area contributed by atoms with Gasteiger partial charge >= 0.3 is 0 Å². The van der Waals surface area contributed by atoms with E-state index in [1.54, 1.807) is 7.11 Å². The lowest BCUT2D eigenvalue weighted by Gasteiger charge is -2.25. The molecule has 118 valence electrons. The third-order valence-electron chi connectivity index (χ3n) is 4.62. The van der Waals surface area contributed by atoms with Crippen molar-refractivity contribution in [2.75, 3.05) is 20.2 Å². The minimum absolute atomic E-state index is 0.724. The first-order valence-corrected chi connectivity index (χ1v) is 9.07. The van der Waals surface area contributed by atoms with Crippen LogP contribution in [0.1, 0.15) is 44.6 Å². The van der Waals surface area contributed by atoms with Gasteiger partial charge in [-0.1, -0.05) is 48.5 Å². The number of nitrogens with one attached hydrogen (secondary N) is 1. The van der Waals surface area contributed by atoms with Gasteiger partial charge in [0.25, 0.3) is 0 Å². The largest absolute Gasteiger partial charge is 0.496 e. The highest BCUT2D eigenvalue weighted by atomic mass is 79.9. The molecule has 0 heterocycles. The van der Waals surface area contributed by atoms with Gasteiger partial charge in [-0.15, -0.1) is 0 Å². The SMILES string of the molecule is CCCNCC(Cc1cc(Br)ccc1OC)C1CCCC1. The quantitative estimate of drug-likeness (QED) is 0.677. The van der Waals surface area contributed by atoms with E-state index in [2.05, 4.69) is 46.4 Å². The van der Waals surface area contributed by atoms with Gasteiger partial charge in [0, 0.05) is 4.47 Å². The first-order chi connectivity index (χ1) is 10.2. The molecule has 2 rings (SSSR count). The standard InChI is InChI=1S/C18H28BrNO/c1-3-10-20-13-16(14-6-4-5-7-14)11-15-12-17(19)8-9-18(15)21-2/h8-9,12,14,16,20H,3-7,10-11,13H2,1-2H3. The number of benzene rings is 1. The second-order valence-corrected chi connectivity index (χ2v) is 7.08. The molecule has 2 nitrogen and oxygen atoms in total. The Kier molecular flexibility index (Phi) is 7.05. The lowest BCUT2D eigenvalue weighted by molar-refractivity contribution is 0.316. The first kappa shape index (κ1) is 16.8. The second-order valence-electron chi connectivity index (χ2n) is 6.17. The first-order valence-electron chi connectivity index (χ1n) is 8.27. The van der Waals surface area contributed by atoms with Crippen LogP contribution < -0.4 is 10.1 Å². The number of hydrogen-bond donors (Lipinski definition) is 1. The molecule has 1 aliphatic rings. The minimum atomic E-state index is 0.724. The summed E-state index contributed by atoms with van der Waals surface area (Å²) >= 11 is 3.59. The molecule has 1 aromatic carbocycles. The lowest BCUT2D eigenvalue weighted by atomic mass is 9.85. The zero-order valence-corrected chi connectivity index (χ0v) is 14.9. The van der Waals surface area contributed by atoms with Crippen molar-refractivity contribution in [2.45, 2.75) is 45.4 Å². The Morgan fingerprint density at radius 2 is 2.10 bits per heavy atom. The average Bonchev–Trinajstić information content (AvgIpc) is 3.01. The van der Waals surface area contributed by atoms with Gasteiger partial charge in [0.1, 0.15) is 5.75 Å². The van der Waals surface area contributed by atoms with Crippen LogP contribution in [0.5, 0.6) is 5.75 Å². The predicted molar refractivity (Wildman–Crippen MR) is 93.0 cm³/mol. The highest BCUT2D eigenvalue weighted by molar-refractivity contribution is 9.10. The molecule has 0 spiro atoms. The van der Waals surface area contributed by atoms with Gasteiger partial charge in [0.15, 0.2) is 0 Å². The molecule has 0 aliphatic heterocycles. The van der Waals surface area contributed by atoms with Crippen molar-refractivity contribution < 1.29 is 4.74 Å². The molecule has 1 atom stereocenters. The molecule has 1 aromatic rings. The zero-order chi connectivity index (χ0) is 15.1. The Hall–Kier alpha value is -0.540. The summed E-state index contributed by atoms with van der Waals surface area (Å²) in [5, 5.41) is 3.63. The van der Waals surface area contributed by atoms with E-state index in [9.17, 15) is 0 Å². The molecule has 1 N–H and O–H groups in total. The molecule has 1 saturated carbocycles. The van der Waals surface area contributed by atoms with E-state index in [0.717, 1.165) is 41.6 Å². The molecule has 0 saturated heterocycles. The van der Waals surface area contributed by atoms with E-state index in [1.807, 2.05) is 0 Å². The second kappa shape index (κ2) is 8.79. The van der Waals surface area contributed by atoms with Gasteiger partial charge in [-0.25, -0.2) is 0 Å². The van der Waals surface area contributed by atoms with E-state index in [4.69, 9.17) is 4.74 Å². The van der Waals surface area contributed by atoms with Gasteiger partial charge in [-0.3, -0.25) is 0 Å². The summed E-state index contributed by atoms with van der Waals surface area (Å²) in [5.41, 5.74) is 1.34. The van der Waals surface area contributed by atoms with E-state index in [-0.39, 0.29) is 0 Å². The highest BCUT2D eigenvalue weighted by Crippen LogP contribution is 2.35.